The highest BCUT2D eigenvalue weighted by atomic mass is 35.5. The lowest BCUT2D eigenvalue weighted by molar-refractivity contribution is 0.130. The van der Waals surface area contributed by atoms with Crippen molar-refractivity contribution in [2.24, 2.45) is 0 Å². The molecule has 0 amide bonds. The fourth-order valence-corrected chi connectivity index (χ4v) is 5.26. The SMILES string of the molecule is CCC(c1nc(CCl)cs1)N1CCc2sccc2C1C. The number of thiazole rings is 1. The first-order valence-electron chi connectivity index (χ1n) is 7.06. The predicted octanol–water partition coefficient (Wildman–Crippen LogP) is 5.01. The Bertz CT molecular complexity index is 578. The van der Waals surface area contributed by atoms with Gasteiger partial charge in [-0.25, -0.2) is 4.98 Å². The summed E-state index contributed by atoms with van der Waals surface area (Å²) in [4.78, 5) is 8.86. The lowest BCUT2D eigenvalue weighted by atomic mass is 9.98. The average molecular weight is 327 g/mol. The summed E-state index contributed by atoms with van der Waals surface area (Å²) in [5.41, 5.74) is 2.51. The molecular formula is C15H19ClN2S2. The van der Waals surface area contributed by atoms with Gasteiger partial charge >= 0.3 is 0 Å². The van der Waals surface area contributed by atoms with Crippen LogP contribution in [-0.2, 0) is 12.3 Å². The van der Waals surface area contributed by atoms with Gasteiger partial charge in [-0.05, 0) is 36.8 Å². The van der Waals surface area contributed by atoms with E-state index in [0.717, 1.165) is 18.7 Å². The average Bonchev–Trinajstić information content (AvgIpc) is 3.11. The van der Waals surface area contributed by atoms with E-state index in [9.17, 15) is 0 Å². The molecule has 0 N–H and O–H groups in total. The first-order chi connectivity index (χ1) is 9.74. The van der Waals surface area contributed by atoms with E-state index in [1.165, 1.54) is 17.0 Å². The molecule has 108 valence electrons. The first-order valence-corrected chi connectivity index (χ1v) is 9.36. The molecule has 3 heterocycles. The van der Waals surface area contributed by atoms with Crippen LogP contribution in [0.1, 0.15) is 53.5 Å². The zero-order valence-electron chi connectivity index (χ0n) is 11.8. The van der Waals surface area contributed by atoms with Crippen molar-refractivity contribution in [3.8, 4) is 0 Å². The molecule has 0 aromatic carbocycles. The van der Waals surface area contributed by atoms with E-state index in [-0.39, 0.29) is 0 Å². The maximum absolute atomic E-state index is 5.89. The Kier molecular flexibility index (Phi) is 4.46. The second kappa shape index (κ2) is 6.14. The van der Waals surface area contributed by atoms with Crippen LogP contribution in [0.3, 0.4) is 0 Å². The number of aromatic nitrogens is 1. The monoisotopic (exact) mass is 326 g/mol. The summed E-state index contributed by atoms with van der Waals surface area (Å²) in [6.45, 7) is 5.70. The van der Waals surface area contributed by atoms with Crippen LogP contribution in [0.5, 0.6) is 0 Å². The van der Waals surface area contributed by atoms with Gasteiger partial charge in [-0.3, -0.25) is 4.90 Å². The number of hydrogen-bond acceptors (Lipinski definition) is 4. The van der Waals surface area contributed by atoms with Crippen LogP contribution < -0.4 is 0 Å². The Morgan fingerprint density at radius 2 is 2.35 bits per heavy atom. The molecule has 2 atom stereocenters. The van der Waals surface area contributed by atoms with Crippen LogP contribution in [0.4, 0.5) is 0 Å². The van der Waals surface area contributed by atoms with Crippen LogP contribution in [0, 0.1) is 0 Å². The van der Waals surface area contributed by atoms with Crippen molar-refractivity contribution in [1.29, 1.82) is 0 Å². The molecule has 3 rings (SSSR count). The highest BCUT2D eigenvalue weighted by molar-refractivity contribution is 7.10. The van der Waals surface area contributed by atoms with Gasteiger partial charge in [0.2, 0.25) is 0 Å². The highest BCUT2D eigenvalue weighted by Gasteiger charge is 2.31. The van der Waals surface area contributed by atoms with E-state index in [1.807, 2.05) is 11.3 Å². The largest absolute Gasteiger partial charge is 0.287 e. The molecule has 5 heteroatoms. The summed E-state index contributed by atoms with van der Waals surface area (Å²) in [7, 11) is 0. The number of nitrogens with zero attached hydrogens (tertiary/aromatic N) is 2. The minimum Gasteiger partial charge on any atom is -0.287 e. The van der Waals surface area contributed by atoms with Crippen molar-refractivity contribution in [2.75, 3.05) is 6.54 Å². The molecule has 2 nitrogen and oxygen atoms in total. The summed E-state index contributed by atoms with van der Waals surface area (Å²) in [6.07, 6.45) is 2.26. The second-order valence-electron chi connectivity index (χ2n) is 5.20. The van der Waals surface area contributed by atoms with Crippen molar-refractivity contribution < 1.29 is 0 Å². The zero-order valence-corrected chi connectivity index (χ0v) is 14.2. The molecular weight excluding hydrogens is 308 g/mol. The molecule has 20 heavy (non-hydrogen) atoms. The summed E-state index contributed by atoms with van der Waals surface area (Å²) in [5.74, 6) is 0.511. The van der Waals surface area contributed by atoms with Gasteiger partial charge in [0.15, 0.2) is 0 Å². The third-order valence-electron chi connectivity index (χ3n) is 4.10. The fourth-order valence-electron chi connectivity index (χ4n) is 3.04. The fraction of sp³-hybridized carbons (Fsp3) is 0.533. The van der Waals surface area contributed by atoms with Crippen molar-refractivity contribution in [1.82, 2.24) is 9.88 Å². The molecule has 2 unspecified atom stereocenters. The molecule has 0 bridgehead atoms. The topological polar surface area (TPSA) is 16.1 Å². The standard InChI is InChI=1S/C15H19ClN2S2/c1-3-13(15-17-11(8-16)9-20-15)18-6-4-14-12(10(18)2)5-7-19-14/h5,7,9-10,13H,3-4,6,8H2,1-2H3. The van der Waals surface area contributed by atoms with Gasteiger partial charge < -0.3 is 0 Å². The number of halogens is 1. The zero-order chi connectivity index (χ0) is 14.1. The van der Waals surface area contributed by atoms with Crippen LogP contribution in [-0.4, -0.2) is 16.4 Å². The predicted molar refractivity (Wildman–Crippen MR) is 87.8 cm³/mol. The summed E-state index contributed by atoms with van der Waals surface area (Å²) in [5, 5.41) is 5.53. The number of alkyl halides is 1. The van der Waals surface area contributed by atoms with Gasteiger partial charge in [0.25, 0.3) is 0 Å². The highest BCUT2D eigenvalue weighted by Crippen LogP contribution is 2.39. The van der Waals surface area contributed by atoms with Gasteiger partial charge in [-0.2, -0.15) is 0 Å². The lowest BCUT2D eigenvalue weighted by Crippen LogP contribution is -2.36. The molecule has 0 saturated carbocycles. The quantitative estimate of drug-likeness (QED) is 0.734. The normalized spacial score (nSPS) is 20.9. The first kappa shape index (κ1) is 14.5. The van der Waals surface area contributed by atoms with Gasteiger partial charge in [-0.1, -0.05) is 6.92 Å². The van der Waals surface area contributed by atoms with Crippen molar-refractivity contribution >= 4 is 34.3 Å². The minimum atomic E-state index is 0.417. The Balaban J connectivity index is 1.87. The maximum atomic E-state index is 5.89. The van der Waals surface area contributed by atoms with Crippen molar-refractivity contribution in [3.05, 3.63) is 38.0 Å². The second-order valence-corrected chi connectivity index (χ2v) is 7.36. The molecule has 2 aromatic heterocycles. The Morgan fingerprint density at radius 3 is 3.05 bits per heavy atom. The molecule has 1 aliphatic rings. The van der Waals surface area contributed by atoms with Crippen molar-refractivity contribution in [3.63, 3.8) is 0 Å². The van der Waals surface area contributed by atoms with Crippen molar-refractivity contribution in [2.45, 2.75) is 44.7 Å². The molecule has 0 aliphatic carbocycles. The Morgan fingerprint density at radius 1 is 1.50 bits per heavy atom. The van der Waals surface area contributed by atoms with E-state index in [0.29, 0.717) is 18.0 Å². The van der Waals surface area contributed by atoms with E-state index in [1.54, 1.807) is 16.2 Å². The van der Waals surface area contributed by atoms with E-state index < -0.39 is 0 Å². The lowest BCUT2D eigenvalue weighted by Gasteiger charge is -2.38. The number of hydrogen-bond donors (Lipinski definition) is 0. The molecule has 2 aromatic rings. The maximum Gasteiger partial charge on any atom is 0.110 e. The Hall–Kier alpha value is -0.420. The molecule has 0 fully saturated rings. The third kappa shape index (κ3) is 2.54. The van der Waals surface area contributed by atoms with E-state index in [4.69, 9.17) is 16.6 Å². The summed E-state index contributed by atoms with van der Waals surface area (Å²) in [6, 6.07) is 3.19. The van der Waals surface area contributed by atoms with Crippen LogP contribution in [0.15, 0.2) is 16.8 Å². The van der Waals surface area contributed by atoms with Gasteiger partial charge in [0.05, 0.1) is 17.6 Å². The summed E-state index contributed by atoms with van der Waals surface area (Å²) < 4.78 is 0. The molecule has 0 radical (unpaired) electrons. The van der Waals surface area contributed by atoms with Crippen LogP contribution in [0.2, 0.25) is 0 Å². The molecule has 0 saturated heterocycles. The number of thiophene rings is 1. The van der Waals surface area contributed by atoms with E-state index >= 15 is 0 Å². The van der Waals surface area contributed by atoms with Gasteiger partial charge in [0, 0.05) is 22.8 Å². The van der Waals surface area contributed by atoms with Crippen LogP contribution in [0.25, 0.3) is 0 Å². The van der Waals surface area contributed by atoms with Gasteiger partial charge in [0.1, 0.15) is 5.01 Å². The third-order valence-corrected chi connectivity index (χ3v) is 6.37. The van der Waals surface area contributed by atoms with E-state index in [2.05, 4.69) is 35.6 Å². The smallest absolute Gasteiger partial charge is 0.110 e. The van der Waals surface area contributed by atoms with Crippen LogP contribution >= 0.6 is 34.3 Å². The Labute approximate surface area is 133 Å². The summed E-state index contributed by atoms with van der Waals surface area (Å²) >= 11 is 9.53. The van der Waals surface area contributed by atoms with Gasteiger partial charge in [-0.15, -0.1) is 34.3 Å². The molecule has 1 aliphatic heterocycles. The number of rotatable bonds is 4. The molecule has 0 spiro atoms. The minimum absolute atomic E-state index is 0.417. The number of fused-ring (bicyclic) bond motifs is 1.